The molecule has 16 heteroatoms. The predicted molar refractivity (Wildman–Crippen MR) is 241 cm³/mol. The quantitative estimate of drug-likeness (QED) is 0.0821. The molecule has 2 aliphatic rings. The Bertz CT molecular complexity index is 1570. The molecule has 9 atom stereocenters. The van der Waals surface area contributed by atoms with Crippen LogP contribution in [0.25, 0.3) is 0 Å². The number of carbonyl (C=O) groups is 8. The number of unbranched alkanes of at least 4 members (excludes halogenated alkanes) is 2. The number of likely N-dealkylation sites (N-methyl/N-ethyl adjacent to an activating group) is 2. The fraction of sp³-hybridized carbons (Fsp3) is 0.787. The standard InChI is InChI=1S/C47H80N6O10/c1-14-31(6)44(51(11)47(61)34(29(2)3)27-37(55)43(30(4)5)50(9)10)38(62-12)28-42(59)52-25-18-19-35(52)45(63-13)32(7)46(60)49-33(8)36(54)20-16-15-17-24-48-39(56)23-26-53-40(57)21-22-41(53)58/h21-22,29-35,38,43-45H,14-20,23-28H2,1-13H3,(H,48,56)(H,49,60)/t31-,32+,33-,34-,35-,38+,43-,44-,45+/m0/s1. The van der Waals surface area contributed by atoms with Crippen LogP contribution in [0, 0.1) is 29.6 Å². The highest BCUT2D eigenvalue weighted by molar-refractivity contribution is 6.13. The van der Waals surface area contributed by atoms with E-state index in [0.29, 0.717) is 38.8 Å². The second-order valence-corrected chi connectivity index (χ2v) is 18.5. The van der Waals surface area contributed by atoms with Gasteiger partial charge in [0.05, 0.1) is 48.7 Å². The third-order valence-electron chi connectivity index (χ3n) is 13.0. The van der Waals surface area contributed by atoms with Gasteiger partial charge in [0.15, 0.2) is 11.6 Å². The van der Waals surface area contributed by atoms with Gasteiger partial charge in [0.1, 0.15) is 0 Å². The SMILES string of the molecule is CC[C@H](C)[C@@H]([C@@H](CC(=O)N1CCC[C@H]1[C@H](OC)[C@@H](C)C(=O)N[C@@H](C)C(=O)CCCCCNC(=O)CCN1C(=O)C=CC1=O)OC)N(C)C(=O)[C@@H](CC(=O)[C@H](C(C)C)N(C)C)C(C)C. The van der Waals surface area contributed by atoms with E-state index in [-0.39, 0.29) is 91.2 Å². The summed E-state index contributed by atoms with van der Waals surface area (Å²) in [4.78, 5) is 111. The number of Topliss-reactive ketones (excluding diaryl/α,β-unsaturated/α-hetero) is 2. The molecule has 0 bridgehead atoms. The number of carbonyl (C=O) groups excluding carboxylic acids is 8. The minimum absolute atomic E-state index is 0.0108. The van der Waals surface area contributed by atoms with Crippen LogP contribution in [-0.2, 0) is 47.8 Å². The minimum Gasteiger partial charge on any atom is -0.379 e. The fourth-order valence-electron chi connectivity index (χ4n) is 9.19. The molecule has 0 aromatic heterocycles. The largest absolute Gasteiger partial charge is 0.379 e. The third kappa shape index (κ3) is 15.9. The van der Waals surface area contributed by atoms with E-state index in [1.165, 1.54) is 19.3 Å². The smallest absolute Gasteiger partial charge is 0.253 e. The van der Waals surface area contributed by atoms with E-state index in [1.54, 1.807) is 37.8 Å². The normalized spacial score (nSPS) is 19.2. The molecule has 0 aromatic rings. The fourth-order valence-corrected chi connectivity index (χ4v) is 9.19. The molecule has 2 aliphatic heterocycles. The van der Waals surface area contributed by atoms with Crippen molar-refractivity contribution in [1.82, 2.24) is 30.2 Å². The van der Waals surface area contributed by atoms with Crippen LogP contribution in [0.5, 0.6) is 0 Å². The number of hydrogen-bond donors (Lipinski definition) is 2. The molecule has 358 valence electrons. The molecular formula is C47H80N6O10. The Morgan fingerprint density at radius 3 is 2.00 bits per heavy atom. The van der Waals surface area contributed by atoms with E-state index >= 15 is 0 Å². The second kappa shape index (κ2) is 26.7. The molecule has 16 nitrogen and oxygen atoms in total. The maximum absolute atomic E-state index is 14.3. The Morgan fingerprint density at radius 1 is 0.825 bits per heavy atom. The average Bonchev–Trinajstić information content (AvgIpc) is 3.84. The van der Waals surface area contributed by atoms with Crippen LogP contribution in [-0.4, -0.2) is 158 Å². The summed E-state index contributed by atoms with van der Waals surface area (Å²) in [5, 5.41) is 5.62. The van der Waals surface area contributed by atoms with E-state index in [1.807, 2.05) is 60.5 Å². The van der Waals surface area contributed by atoms with Crippen molar-refractivity contribution in [1.29, 1.82) is 0 Å². The van der Waals surface area contributed by atoms with E-state index in [9.17, 15) is 38.4 Å². The molecule has 0 spiro atoms. The van der Waals surface area contributed by atoms with Crippen LogP contribution in [0.3, 0.4) is 0 Å². The highest BCUT2D eigenvalue weighted by atomic mass is 16.5. The van der Waals surface area contributed by atoms with Gasteiger partial charge >= 0.3 is 0 Å². The third-order valence-corrected chi connectivity index (χ3v) is 13.0. The number of likely N-dealkylation sites (tertiary alicyclic amines) is 1. The number of nitrogens with zero attached hydrogens (tertiary/aromatic N) is 4. The van der Waals surface area contributed by atoms with Crippen LogP contribution in [0.2, 0.25) is 0 Å². The first-order chi connectivity index (χ1) is 29.6. The number of rotatable bonds is 29. The summed E-state index contributed by atoms with van der Waals surface area (Å²) >= 11 is 0. The van der Waals surface area contributed by atoms with Crippen molar-refractivity contribution in [3.8, 4) is 0 Å². The van der Waals surface area contributed by atoms with Gasteiger partial charge in [0.2, 0.25) is 23.6 Å². The lowest BCUT2D eigenvalue weighted by Crippen LogP contribution is -2.54. The molecule has 1 saturated heterocycles. The van der Waals surface area contributed by atoms with Gasteiger partial charge in [-0.05, 0) is 64.5 Å². The average molecular weight is 889 g/mol. The number of imide groups is 1. The lowest BCUT2D eigenvalue weighted by atomic mass is 9.83. The maximum Gasteiger partial charge on any atom is 0.253 e. The Balaban J connectivity index is 2.01. The molecule has 0 unspecified atom stereocenters. The monoisotopic (exact) mass is 889 g/mol. The molecule has 2 N–H and O–H groups in total. The lowest BCUT2D eigenvalue weighted by molar-refractivity contribution is -0.149. The zero-order chi connectivity index (χ0) is 47.7. The van der Waals surface area contributed by atoms with E-state index < -0.39 is 54.0 Å². The molecule has 1 fully saturated rings. The molecule has 6 amide bonds. The number of nitrogens with one attached hydrogen (secondary N) is 2. The van der Waals surface area contributed by atoms with Crippen molar-refractivity contribution in [2.45, 2.75) is 156 Å². The van der Waals surface area contributed by atoms with E-state index in [4.69, 9.17) is 9.47 Å². The predicted octanol–water partition coefficient (Wildman–Crippen LogP) is 3.79. The van der Waals surface area contributed by atoms with Gasteiger partial charge in [-0.15, -0.1) is 0 Å². The van der Waals surface area contributed by atoms with Crippen LogP contribution in [0.4, 0.5) is 0 Å². The van der Waals surface area contributed by atoms with Gasteiger partial charge in [-0.25, -0.2) is 0 Å². The number of hydrogen-bond acceptors (Lipinski definition) is 11. The van der Waals surface area contributed by atoms with Gasteiger partial charge in [-0.3, -0.25) is 48.2 Å². The number of ketones is 2. The molecule has 63 heavy (non-hydrogen) atoms. The number of ether oxygens (including phenoxy) is 2. The lowest BCUT2D eigenvalue weighted by Gasteiger charge is -2.41. The molecule has 0 aliphatic carbocycles. The first kappa shape index (κ1) is 55.1. The summed E-state index contributed by atoms with van der Waals surface area (Å²) in [7, 11) is 8.60. The van der Waals surface area contributed by atoms with Crippen molar-refractivity contribution in [3.05, 3.63) is 12.2 Å². The van der Waals surface area contributed by atoms with Crippen molar-refractivity contribution < 1.29 is 47.8 Å². The molecule has 0 radical (unpaired) electrons. The van der Waals surface area contributed by atoms with E-state index in [0.717, 1.165) is 17.7 Å². The first-order valence-corrected chi connectivity index (χ1v) is 23.1. The molecule has 2 rings (SSSR count). The Hall–Kier alpha value is -4.02. The summed E-state index contributed by atoms with van der Waals surface area (Å²) in [5.74, 6) is -3.11. The van der Waals surface area contributed by atoms with Crippen molar-refractivity contribution >= 4 is 47.0 Å². The topological polar surface area (TPSA) is 192 Å². The zero-order valence-electron chi connectivity index (χ0n) is 40.6. The van der Waals surface area contributed by atoms with Crippen molar-refractivity contribution in [2.24, 2.45) is 29.6 Å². The summed E-state index contributed by atoms with van der Waals surface area (Å²) in [6.07, 6.45) is 5.46. The van der Waals surface area contributed by atoms with Gasteiger partial charge in [0, 0.05) is 78.2 Å². The maximum atomic E-state index is 14.3. The van der Waals surface area contributed by atoms with Crippen LogP contribution in [0.15, 0.2) is 12.2 Å². The summed E-state index contributed by atoms with van der Waals surface area (Å²) < 4.78 is 12.0. The zero-order valence-corrected chi connectivity index (χ0v) is 40.6. The van der Waals surface area contributed by atoms with Crippen LogP contribution < -0.4 is 10.6 Å². The highest BCUT2D eigenvalue weighted by Crippen LogP contribution is 2.31. The van der Waals surface area contributed by atoms with Gasteiger partial charge in [-0.1, -0.05) is 61.3 Å². The minimum atomic E-state index is -0.735. The van der Waals surface area contributed by atoms with Gasteiger partial charge in [0.25, 0.3) is 11.8 Å². The summed E-state index contributed by atoms with van der Waals surface area (Å²) in [6.45, 7) is 16.3. The van der Waals surface area contributed by atoms with Crippen molar-refractivity contribution in [2.75, 3.05) is 55.0 Å². The highest BCUT2D eigenvalue weighted by Gasteiger charge is 2.43. The number of amides is 6. The van der Waals surface area contributed by atoms with Gasteiger partial charge in [-0.2, -0.15) is 0 Å². The molecule has 0 saturated carbocycles. The molecule has 2 heterocycles. The summed E-state index contributed by atoms with van der Waals surface area (Å²) in [5.41, 5.74) is 0. The summed E-state index contributed by atoms with van der Waals surface area (Å²) in [6, 6.07) is -1.87. The molecule has 0 aromatic carbocycles. The van der Waals surface area contributed by atoms with Crippen LogP contribution >= 0.6 is 0 Å². The number of methoxy groups -OCH3 is 2. The van der Waals surface area contributed by atoms with Crippen molar-refractivity contribution in [3.63, 3.8) is 0 Å². The van der Waals surface area contributed by atoms with Gasteiger partial charge < -0.3 is 29.9 Å². The van der Waals surface area contributed by atoms with Crippen LogP contribution in [0.1, 0.15) is 120 Å². The Morgan fingerprint density at radius 2 is 1.46 bits per heavy atom. The Kier molecular flexibility index (Phi) is 23.3. The second-order valence-electron chi connectivity index (χ2n) is 18.5. The Labute approximate surface area is 376 Å². The van der Waals surface area contributed by atoms with E-state index in [2.05, 4.69) is 10.6 Å². The first-order valence-electron chi connectivity index (χ1n) is 23.1. The molecular weight excluding hydrogens is 809 g/mol.